The number of hydrogen-bond acceptors (Lipinski definition) is 12. The Kier molecular flexibility index (Phi) is 16.0. The van der Waals surface area contributed by atoms with Crippen LogP contribution < -0.4 is 24.8 Å². The van der Waals surface area contributed by atoms with Crippen LogP contribution in [-0.4, -0.2) is 110 Å². The largest absolute Gasteiger partial charge is 0.494 e. The van der Waals surface area contributed by atoms with Crippen molar-refractivity contribution in [1.82, 2.24) is 25.2 Å². The Balaban J connectivity index is 1.51. The molecule has 3 aliphatic rings. The Morgan fingerprint density at radius 1 is 1.05 bits per heavy atom. The van der Waals surface area contributed by atoms with Crippen molar-refractivity contribution in [3.8, 4) is 23.3 Å². The first-order valence-electron chi connectivity index (χ1n) is 22.0. The number of halogens is 3. The lowest BCUT2D eigenvalue weighted by Crippen LogP contribution is -2.65. The van der Waals surface area contributed by atoms with E-state index < -0.39 is 115 Å². The molecule has 4 unspecified atom stereocenters. The number of aryl methyl sites for hydroxylation is 1. The number of unbranched alkanes of at least 4 members (excludes halogenated alkanes) is 3. The quantitative estimate of drug-likeness (QED) is 0.0850. The van der Waals surface area contributed by atoms with Gasteiger partial charge in [-0.15, -0.1) is 0 Å². The first kappa shape index (κ1) is 51.9. The Hall–Kier alpha value is -5.10. The molecule has 16 nitrogen and oxygen atoms in total. The number of alkyl carbamates (subject to hydrolysis) is 1. The zero-order valence-electron chi connectivity index (χ0n) is 38.4. The van der Waals surface area contributed by atoms with Crippen molar-refractivity contribution in [1.29, 1.82) is 0 Å². The number of benzene rings is 1. The number of sulfone groups is 1. The molecule has 5 rings (SSSR count). The molecule has 1 saturated carbocycles. The van der Waals surface area contributed by atoms with E-state index in [2.05, 4.69) is 32.2 Å². The Morgan fingerprint density at radius 2 is 1.76 bits per heavy atom. The molecule has 21 heteroatoms. The fraction of sp³-hybridized carbons (Fsp3) is 0.622. The Labute approximate surface area is 384 Å². The fourth-order valence-electron chi connectivity index (χ4n) is 7.67. The van der Waals surface area contributed by atoms with Gasteiger partial charge in [0.15, 0.2) is 11.4 Å². The Morgan fingerprint density at radius 3 is 2.38 bits per heavy atom. The molecule has 0 radical (unpaired) electrons. The number of carbonyl (C=O) groups excluding carboxylic acids is 4. The van der Waals surface area contributed by atoms with Gasteiger partial charge in [0.05, 0.1) is 35.1 Å². The molecule has 2 aliphatic carbocycles. The molecule has 4 atom stereocenters. The van der Waals surface area contributed by atoms with Gasteiger partial charge in [-0.3, -0.25) is 19.1 Å². The van der Waals surface area contributed by atoms with Crippen molar-refractivity contribution < 1.29 is 63.4 Å². The highest BCUT2D eigenvalue weighted by Crippen LogP contribution is 2.44. The second-order valence-corrected chi connectivity index (χ2v) is 22.7. The van der Waals surface area contributed by atoms with E-state index in [0.717, 1.165) is 30.4 Å². The molecule has 1 aliphatic heterocycles. The normalized spacial score (nSPS) is 21.5. The highest BCUT2D eigenvalue weighted by atomic mass is 32.2. The van der Waals surface area contributed by atoms with E-state index >= 15 is 0 Å². The maximum atomic E-state index is 14.9. The molecule has 0 bridgehead atoms. The number of pyridine rings is 1. The summed E-state index contributed by atoms with van der Waals surface area (Å²) in [6, 6.07) is 2.72. The second-order valence-electron chi connectivity index (χ2n) is 18.3. The zero-order valence-corrected chi connectivity index (χ0v) is 40.0. The van der Waals surface area contributed by atoms with Crippen molar-refractivity contribution in [2.75, 3.05) is 31.7 Å². The number of allylic oxidation sites excluding steroid dienone is 1. The van der Waals surface area contributed by atoms with Gasteiger partial charge >= 0.3 is 12.3 Å². The van der Waals surface area contributed by atoms with Crippen LogP contribution in [0.15, 0.2) is 30.4 Å². The standard InChI is InChI=1S/C45H60F3N5O11S2/c1-8-10-11-12-13-16-29-17-14-20-44(29,40(56)52-66(60,61)43(6)21-22-43)51-39(55)35-26-31(28-53(35)36(54)27-49-41(57)64-42(3,4)5)63-37-32(9-2)33-25-30(62-23-15-24-65(7,58)59)18-19-34(33)50-38(37)45(46,47)48/h13,16,18-19,25,29,31,35H,8-12,15,20-24,26-28H2,1-7H3,(H,49,57)(H,51,55)(H,52,56). The van der Waals surface area contributed by atoms with Crippen LogP contribution in [0.2, 0.25) is 0 Å². The summed E-state index contributed by atoms with van der Waals surface area (Å²) in [5, 5.41) is 5.31. The zero-order chi connectivity index (χ0) is 48.9. The molecule has 364 valence electrons. The van der Waals surface area contributed by atoms with Crippen LogP contribution in [-0.2, 0) is 51.6 Å². The minimum Gasteiger partial charge on any atom is -0.494 e. The number of rotatable bonds is 20. The van der Waals surface area contributed by atoms with E-state index in [1.165, 1.54) is 25.1 Å². The summed E-state index contributed by atoms with van der Waals surface area (Å²) in [5.74, 6) is 1.39. The number of sulfonamides is 1. The molecule has 2 aromatic rings. The minimum absolute atomic E-state index is 0.000981. The highest BCUT2D eigenvalue weighted by molar-refractivity contribution is 7.91. The Bertz CT molecular complexity index is 2490. The van der Waals surface area contributed by atoms with Crippen LogP contribution in [0.1, 0.15) is 111 Å². The number of fused-ring (bicyclic) bond motifs is 1. The molecule has 1 aromatic carbocycles. The first-order chi connectivity index (χ1) is 30.7. The van der Waals surface area contributed by atoms with Crippen LogP contribution in [0.5, 0.6) is 11.5 Å². The lowest BCUT2D eigenvalue weighted by Gasteiger charge is -2.35. The van der Waals surface area contributed by atoms with Gasteiger partial charge in [-0.2, -0.15) is 13.2 Å². The summed E-state index contributed by atoms with van der Waals surface area (Å²) >= 11 is 0. The predicted molar refractivity (Wildman–Crippen MR) is 239 cm³/mol. The van der Waals surface area contributed by atoms with Gasteiger partial charge in [0.1, 0.15) is 45.4 Å². The number of nitrogens with zero attached hydrogens (tertiary/aromatic N) is 2. The summed E-state index contributed by atoms with van der Waals surface area (Å²) in [7, 11) is -7.47. The summed E-state index contributed by atoms with van der Waals surface area (Å²) < 4.78 is 113. The third kappa shape index (κ3) is 12.9. The lowest BCUT2D eigenvalue weighted by atomic mass is 9.84. The maximum absolute atomic E-state index is 14.9. The molecule has 0 spiro atoms. The van der Waals surface area contributed by atoms with Crippen molar-refractivity contribution in [2.24, 2.45) is 5.92 Å². The third-order valence-electron chi connectivity index (χ3n) is 11.6. The van der Waals surface area contributed by atoms with Gasteiger partial charge in [-0.05, 0) is 84.4 Å². The summed E-state index contributed by atoms with van der Waals surface area (Å²) in [4.78, 5) is 60.5. The molecular formula is C45H60F3N5O11S2. The monoisotopic (exact) mass is 967 g/mol. The smallest absolute Gasteiger partial charge is 0.437 e. The minimum atomic E-state index is -5.03. The summed E-state index contributed by atoms with van der Waals surface area (Å²) in [5.41, 5.74) is -4.23. The number of carbonyl (C=O) groups is 4. The van der Waals surface area contributed by atoms with Crippen LogP contribution in [0.4, 0.5) is 18.0 Å². The number of nitrogens with one attached hydrogen (secondary N) is 3. The van der Waals surface area contributed by atoms with E-state index in [4.69, 9.17) is 14.2 Å². The van der Waals surface area contributed by atoms with Crippen LogP contribution in [0.3, 0.4) is 0 Å². The second kappa shape index (κ2) is 20.4. The van der Waals surface area contributed by atoms with Crippen LogP contribution in [0.25, 0.3) is 10.9 Å². The van der Waals surface area contributed by atoms with Crippen molar-refractivity contribution in [3.63, 3.8) is 0 Å². The van der Waals surface area contributed by atoms with Crippen LogP contribution in [0, 0.1) is 17.8 Å². The van der Waals surface area contributed by atoms with E-state index in [9.17, 15) is 49.2 Å². The predicted octanol–water partition coefficient (Wildman–Crippen LogP) is 5.52. The van der Waals surface area contributed by atoms with Gasteiger partial charge in [-0.1, -0.05) is 50.7 Å². The maximum Gasteiger partial charge on any atom is 0.437 e. The molecule has 1 saturated heterocycles. The fourth-order valence-corrected chi connectivity index (χ4v) is 9.63. The first-order valence-corrected chi connectivity index (χ1v) is 25.6. The summed E-state index contributed by atoms with van der Waals surface area (Å²) in [6.45, 7) is 8.82. The molecule has 3 N–H and O–H groups in total. The van der Waals surface area contributed by atoms with E-state index in [-0.39, 0.29) is 53.8 Å². The van der Waals surface area contributed by atoms with Crippen molar-refractivity contribution in [3.05, 3.63) is 41.6 Å². The molecule has 1 aromatic heterocycles. The average Bonchev–Trinajstić information content (AvgIpc) is 3.64. The van der Waals surface area contributed by atoms with Crippen LogP contribution >= 0.6 is 0 Å². The van der Waals surface area contributed by atoms with Gasteiger partial charge in [0, 0.05) is 30.0 Å². The van der Waals surface area contributed by atoms with E-state index in [1.54, 1.807) is 39.8 Å². The number of alkyl halides is 3. The molecular weight excluding hydrogens is 908 g/mol. The number of likely N-dealkylation sites (tertiary alicyclic amines) is 1. The SMILES string of the molecule is CCCCCC=CC1C#CCC1(NC(=O)C1CC(Oc2c(C(F)(F)F)nc3ccc(OCCCS(C)(=O)=O)cc3c2CC)CN1C(=O)CNC(=O)OC(C)(C)C)C(=O)NS(=O)(=O)C1(C)CC1. The van der Waals surface area contributed by atoms with Gasteiger partial charge in [0.25, 0.3) is 5.91 Å². The highest BCUT2D eigenvalue weighted by Gasteiger charge is 2.56. The van der Waals surface area contributed by atoms with Gasteiger partial charge in [0.2, 0.25) is 21.8 Å². The average molecular weight is 968 g/mol. The molecule has 2 fully saturated rings. The van der Waals surface area contributed by atoms with Crippen molar-refractivity contribution in [2.45, 2.75) is 140 Å². The van der Waals surface area contributed by atoms with Gasteiger partial charge in [-0.25, -0.2) is 26.6 Å². The van der Waals surface area contributed by atoms with Gasteiger partial charge < -0.3 is 29.7 Å². The van der Waals surface area contributed by atoms with E-state index in [0.29, 0.717) is 19.3 Å². The lowest BCUT2D eigenvalue weighted by molar-refractivity contribution is -0.143. The number of ether oxygens (including phenoxy) is 3. The number of hydrogen-bond donors (Lipinski definition) is 3. The van der Waals surface area contributed by atoms with E-state index in [1.807, 2.05) is 6.92 Å². The molecule has 66 heavy (non-hydrogen) atoms. The third-order valence-corrected chi connectivity index (χ3v) is 14.7. The number of amides is 4. The number of aromatic nitrogens is 1. The molecule has 2 heterocycles. The summed E-state index contributed by atoms with van der Waals surface area (Å²) in [6.07, 6.45) is 0.674. The molecule has 4 amide bonds. The van der Waals surface area contributed by atoms with Crippen molar-refractivity contribution >= 4 is 54.6 Å². The topological polar surface area (TPSA) is 216 Å².